The van der Waals surface area contributed by atoms with Crippen molar-refractivity contribution in [1.82, 2.24) is 4.90 Å². The van der Waals surface area contributed by atoms with E-state index in [1.165, 1.54) is 36.3 Å². The van der Waals surface area contributed by atoms with Crippen LogP contribution < -0.4 is 9.64 Å². The Hall–Kier alpha value is -4.50. The molecule has 6 unspecified atom stereocenters. The lowest BCUT2D eigenvalue weighted by atomic mass is 9.51. The molecule has 4 amide bonds. The highest BCUT2D eigenvalue weighted by Crippen LogP contribution is 2.64. The third kappa shape index (κ3) is 4.24. The molecular formula is C35H30ClFN2O6. The fourth-order valence-corrected chi connectivity index (χ4v) is 8.33. The Labute approximate surface area is 264 Å². The van der Waals surface area contributed by atoms with Gasteiger partial charge in [0.05, 0.1) is 47.5 Å². The van der Waals surface area contributed by atoms with Crippen LogP contribution >= 0.6 is 11.6 Å². The van der Waals surface area contributed by atoms with Crippen molar-refractivity contribution in [3.63, 3.8) is 0 Å². The number of nitrogens with zero attached hydrogens (tertiary/aromatic N) is 2. The number of halogens is 2. The molecule has 0 spiro atoms. The van der Waals surface area contributed by atoms with Gasteiger partial charge in [-0.1, -0.05) is 59.6 Å². The number of ether oxygens (including phenoxy) is 1. The number of benzene rings is 3. The van der Waals surface area contributed by atoms with E-state index in [9.17, 15) is 28.7 Å². The molecule has 230 valence electrons. The number of carbonyl (C=O) groups excluding carboxylic acids is 4. The van der Waals surface area contributed by atoms with E-state index in [2.05, 4.69) is 0 Å². The van der Waals surface area contributed by atoms with Gasteiger partial charge in [-0.05, 0) is 55.5 Å². The molecule has 3 aromatic carbocycles. The molecule has 2 saturated heterocycles. The van der Waals surface area contributed by atoms with Gasteiger partial charge in [-0.15, -0.1) is 0 Å². The molecule has 8 nitrogen and oxygen atoms in total. The van der Waals surface area contributed by atoms with Gasteiger partial charge in [-0.25, -0.2) is 9.29 Å². The van der Waals surface area contributed by atoms with Crippen LogP contribution in [-0.4, -0.2) is 40.7 Å². The molecule has 2 aliphatic heterocycles. The number of methoxy groups -OCH3 is 1. The number of allylic oxidation sites excluding steroid dienone is 2. The number of hydrogen-bond acceptors (Lipinski definition) is 6. The molecule has 3 aromatic rings. The lowest BCUT2D eigenvalue weighted by molar-refractivity contribution is -0.141. The highest BCUT2D eigenvalue weighted by atomic mass is 35.5. The minimum absolute atomic E-state index is 0.0353. The van der Waals surface area contributed by atoms with Gasteiger partial charge in [-0.2, -0.15) is 0 Å². The van der Waals surface area contributed by atoms with E-state index < -0.39 is 52.6 Å². The second kappa shape index (κ2) is 10.5. The number of fused-ring (bicyclic) bond motifs is 4. The van der Waals surface area contributed by atoms with Gasteiger partial charge < -0.3 is 9.84 Å². The summed E-state index contributed by atoms with van der Waals surface area (Å²) in [5.41, 5.74) is 1.03. The summed E-state index contributed by atoms with van der Waals surface area (Å²) in [7, 11) is 1.46. The van der Waals surface area contributed by atoms with Crippen LogP contribution in [0.5, 0.6) is 11.5 Å². The fourth-order valence-electron chi connectivity index (χ4n) is 8.15. The predicted molar refractivity (Wildman–Crippen MR) is 163 cm³/mol. The Morgan fingerprint density at radius 1 is 0.978 bits per heavy atom. The number of aromatic hydroxyl groups is 1. The number of amides is 4. The molecule has 1 saturated carbocycles. The zero-order chi connectivity index (χ0) is 31.8. The summed E-state index contributed by atoms with van der Waals surface area (Å²) in [6, 6.07) is 17.6. The number of imide groups is 2. The van der Waals surface area contributed by atoms with Crippen molar-refractivity contribution in [2.24, 2.45) is 29.1 Å². The zero-order valence-corrected chi connectivity index (χ0v) is 25.3. The average molecular weight is 629 g/mol. The van der Waals surface area contributed by atoms with Crippen molar-refractivity contribution >= 4 is 40.9 Å². The van der Waals surface area contributed by atoms with Crippen LogP contribution in [0.1, 0.15) is 36.8 Å². The number of likely N-dealkylation sites (tertiary alicyclic amines) is 1. The van der Waals surface area contributed by atoms with Crippen molar-refractivity contribution in [3.8, 4) is 11.5 Å². The molecule has 45 heavy (non-hydrogen) atoms. The second-order valence-corrected chi connectivity index (χ2v) is 12.8. The van der Waals surface area contributed by atoms with E-state index >= 15 is 0 Å². The molecule has 10 heteroatoms. The van der Waals surface area contributed by atoms with Crippen LogP contribution in [0.25, 0.3) is 0 Å². The van der Waals surface area contributed by atoms with Gasteiger partial charge in [0.1, 0.15) is 17.3 Å². The van der Waals surface area contributed by atoms with Crippen LogP contribution in [-0.2, 0) is 25.7 Å². The summed E-state index contributed by atoms with van der Waals surface area (Å²) in [6.45, 7) is 1.90. The summed E-state index contributed by atoms with van der Waals surface area (Å²) in [5, 5.41) is 10.0. The van der Waals surface area contributed by atoms with Crippen molar-refractivity contribution in [3.05, 3.63) is 100 Å². The average Bonchev–Trinajstić information content (AvgIpc) is 3.38. The van der Waals surface area contributed by atoms with Gasteiger partial charge in [0.25, 0.3) is 0 Å². The predicted octanol–water partition coefficient (Wildman–Crippen LogP) is 5.62. The third-order valence-corrected chi connectivity index (χ3v) is 10.5. The Morgan fingerprint density at radius 2 is 1.73 bits per heavy atom. The minimum Gasteiger partial charge on any atom is -0.508 e. The molecule has 0 bridgehead atoms. The summed E-state index contributed by atoms with van der Waals surface area (Å²) >= 11 is 6.07. The number of hydrogen-bond donors (Lipinski definition) is 1. The maximum Gasteiger partial charge on any atom is 0.241 e. The Bertz CT molecular complexity index is 1810. The minimum atomic E-state index is -1.33. The topological polar surface area (TPSA) is 104 Å². The van der Waals surface area contributed by atoms with E-state index in [-0.39, 0.29) is 41.2 Å². The second-order valence-electron chi connectivity index (χ2n) is 12.4. The third-order valence-electron chi connectivity index (χ3n) is 10.2. The zero-order valence-electron chi connectivity index (χ0n) is 24.6. The highest BCUT2D eigenvalue weighted by molar-refractivity contribution is 6.31. The van der Waals surface area contributed by atoms with Crippen LogP contribution in [0, 0.1) is 34.9 Å². The largest absolute Gasteiger partial charge is 0.508 e. The Kier molecular flexibility index (Phi) is 6.85. The molecule has 0 radical (unpaired) electrons. The first-order valence-electron chi connectivity index (χ1n) is 14.9. The van der Waals surface area contributed by atoms with Crippen LogP contribution in [0.3, 0.4) is 0 Å². The van der Waals surface area contributed by atoms with E-state index in [1.54, 1.807) is 13.0 Å². The molecule has 3 fully saturated rings. The highest BCUT2D eigenvalue weighted by Gasteiger charge is 2.68. The lowest BCUT2D eigenvalue weighted by Crippen LogP contribution is -2.49. The maximum absolute atomic E-state index is 14.5. The van der Waals surface area contributed by atoms with Crippen LogP contribution in [0.4, 0.5) is 10.1 Å². The Morgan fingerprint density at radius 3 is 2.44 bits per heavy atom. The summed E-state index contributed by atoms with van der Waals surface area (Å²) in [6.07, 6.45) is 2.44. The van der Waals surface area contributed by atoms with Crippen molar-refractivity contribution in [2.75, 3.05) is 12.0 Å². The quantitative estimate of drug-likeness (QED) is 0.290. The molecular weight excluding hydrogens is 599 g/mol. The SMILES string of the molecule is COc1cc(O)ccc1C1C2=CCC3C(=O)N(Cc4ccccc4)C(=O)C3C2CC2C(=O)N(c3ccc(F)c(Cl)c3)C(=O)C21C. The standard InChI is InChI=1S/C35H30ClFN2O6/c1-35-25(32(42)39(34(35)44)19-8-13-27(37)26(36)14-19)16-24-21(30(35)22-10-9-20(40)15-28(22)45-2)11-12-23-29(24)33(43)38(31(23)41)17-18-6-4-3-5-7-18/h3-11,13-15,23-25,29-30,40H,12,16-17H2,1-2H3. The molecule has 6 atom stereocenters. The van der Waals surface area contributed by atoms with Gasteiger partial charge in [0, 0.05) is 17.5 Å². The molecule has 1 N–H and O–H groups in total. The van der Waals surface area contributed by atoms with Gasteiger partial charge >= 0.3 is 0 Å². The van der Waals surface area contributed by atoms with E-state index in [1.807, 2.05) is 36.4 Å². The monoisotopic (exact) mass is 628 g/mol. The fraction of sp³-hybridized carbons (Fsp3) is 0.314. The normalized spacial score (nSPS) is 29.0. The van der Waals surface area contributed by atoms with Gasteiger partial charge in [0.15, 0.2) is 0 Å². The number of anilines is 1. The number of phenolic OH excluding ortho intramolecular Hbond substituents is 1. The Balaban J connectivity index is 1.36. The summed E-state index contributed by atoms with van der Waals surface area (Å²) < 4.78 is 19.8. The van der Waals surface area contributed by atoms with E-state index in [0.29, 0.717) is 17.7 Å². The van der Waals surface area contributed by atoms with E-state index in [4.69, 9.17) is 16.3 Å². The van der Waals surface area contributed by atoms with E-state index in [0.717, 1.165) is 22.1 Å². The molecule has 7 rings (SSSR count). The van der Waals surface area contributed by atoms with Gasteiger partial charge in [0.2, 0.25) is 23.6 Å². The number of carbonyl (C=O) groups is 4. The first kappa shape index (κ1) is 29.2. The maximum atomic E-state index is 14.5. The smallest absolute Gasteiger partial charge is 0.241 e. The molecule has 2 heterocycles. The molecule has 0 aromatic heterocycles. The summed E-state index contributed by atoms with van der Waals surface area (Å²) in [5.74, 6) is -5.26. The van der Waals surface area contributed by atoms with Crippen molar-refractivity contribution in [1.29, 1.82) is 0 Å². The first-order chi connectivity index (χ1) is 21.6. The molecule has 4 aliphatic rings. The van der Waals surface area contributed by atoms with Crippen LogP contribution in [0.2, 0.25) is 5.02 Å². The van der Waals surface area contributed by atoms with Crippen molar-refractivity contribution < 1.29 is 33.4 Å². The van der Waals surface area contributed by atoms with Crippen LogP contribution in [0.15, 0.2) is 78.4 Å². The number of rotatable bonds is 5. The molecule has 2 aliphatic carbocycles. The number of phenols is 1. The van der Waals surface area contributed by atoms with Gasteiger partial charge in [-0.3, -0.25) is 24.1 Å². The van der Waals surface area contributed by atoms with Crippen molar-refractivity contribution in [2.45, 2.75) is 32.2 Å². The first-order valence-corrected chi connectivity index (χ1v) is 15.2. The lowest BCUT2D eigenvalue weighted by Gasteiger charge is -2.49. The summed E-state index contributed by atoms with van der Waals surface area (Å²) in [4.78, 5) is 58.9.